The first-order valence-corrected chi connectivity index (χ1v) is 11.0. The zero-order valence-electron chi connectivity index (χ0n) is 18.2. The molecule has 4 nitrogen and oxygen atoms in total. The van der Waals surface area contributed by atoms with Crippen molar-refractivity contribution in [3.8, 4) is 22.3 Å². The number of rotatable bonds is 5. The molecule has 2 heterocycles. The third-order valence-electron chi connectivity index (χ3n) is 6.34. The van der Waals surface area contributed by atoms with E-state index in [0.29, 0.717) is 0 Å². The van der Waals surface area contributed by atoms with Crippen LogP contribution in [0.25, 0.3) is 22.3 Å². The smallest absolute Gasteiger partial charge is 0.123 e. The zero-order valence-corrected chi connectivity index (χ0v) is 18.2. The SMILES string of the molecule is CN1CCN(C(c2cn[nH]c2)c2cccc(-c3ccc(-c4ccc(F)cc4)cc3)c2)CC1. The lowest BCUT2D eigenvalue weighted by Crippen LogP contribution is -2.46. The molecule has 0 bridgehead atoms. The molecule has 0 amide bonds. The third kappa shape index (κ3) is 4.35. The predicted molar refractivity (Wildman–Crippen MR) is 127 cm³/mol. The van der Waals surface area contributed by atoms with Crippen molar-refractivity contribution < 1.29 is 4.39 Å². The molecule has 1 unspecified atom stereocenters. The van der Waals surface area contributed by atoms with E-state index in [4.69, 9.17) is 0 Å². The van der Waals surface area contributed by atoms with Crippen LogP contribution in [0.5, 0.6) is 0 Å². The molecule has 0 saturated carbocycles. The molecule has 1 atom stereocenters. The van der Waals surface area contributed by atoms with E-state index in [9.17, 15) is 4.39 Å². The lowest BCUT2D eigenvalue weighted by Gasteiger charge is -2.38. The minimum atomic E-state index is -0.213. The molecule has 3 aromatic carbocycles. The summed E-state index contributed by atoms with van der Waals surface area (Å²) < 4.78 is 13.2. The molecule has 1 aliphatic rings. The van der Waals surface area contributed by atoms with Crippen LogP contribution in [0.15, 0.2) is 85.2 Å². The fourth-order valence-corrected chi connectivity index (χ4v) is 4.49. The van der Waals surface area contributed by atoms with Gasteiger partial charge < -0.3 is 4.90 Å². The van der Waals surface area contributed by atoms with E-state index in [1.165, 1.54) is 34.4 Å². The maximum atomic E-state index is 13.2. The monoisotopic (exact) mass is 426 g/mol. The summed E-state index contributed by atoms with van der Waals surface area (Å²) in [7, 11) is 2.18. The van der Waals surface area contributed by atoms with Crippen LogP contribution in [0.1, 0.15) is 17.2 Å². The van der Waals surface area contributed by atoms with E-state index in [1.807, 2.05) is 24.5 Å². The minimum absolute atomic E-state index is 0.181. The van der Waals surface area contributed by atoms with Crippen LogP contribution in [0.4, 0.5) is 4.39 Å². The van der Waals surface area contributed by atoms with Crippen molar-refractivity contribution in [2.24, 2.45) is 0 Å². The molecule has 32 heavy (non-hydrogen) atoms. The summed E-state index contributed by atoms with van der Waals surface area (Å²) in [6, 6.07) is 24.1. The fraction of sp³-hybridized carbons (Fsp3) is 0.222. The first-order chi connectivity index (χ1) is 15.7. The van der Waals surface area contributed by atoms with E-state index in [1.54, 1.807) is 0 Å². The second-order valence-electron chi connectivity index (χ2n) is 8.48. The largest absolute Gasteiger partial charge is 0.304 e. The number of hydrogen-bond donors (Lipinski definition) is 1. The summed E-state index contributed by atoms with van der Waals surface area (Å²) >= 11 is 0. The predicted octanol–water partition coefficient (Wildman–Crippen LogP) is 5.22. The summed E-state index contributed by atoms with van der Waals surface area (Å²) in [5, 5.41) is 7.21. The highest BCUT2D eigenvalue weighted by atomic mass is 19.1. The average Bonchev–Trinajstić information content (AvgIpc) is 3.36. The topological polar surface area (TPSA) is 35.2 Å². The van der Waals surface area contributed by atoms with E-state index >= 15 is 0 Å². The fourth-order valence-electron chi connectivity index (χ4n) is 4.49. The van der Waals surface area contributed by atoms with E-state index < -0.39 is 0 Å². The van der Waals surface area contributed by atoms with Gasteiger partial charge in [0, 0.05) is 37.9 Å². The van der Waals surface area contributed by atoms with Gasteiger partial charge in [-0.05, 0) is 53.1 Å². The van der Waals surface area contributed by atoms with Crippen molar-refractivity contribution in [3.05, 3.63) is 102 Å². The third-order valence-corrected chi connectivity index (χ3v) is 6.34. The van der Waals surface area contributed by atoms with Gasteiger partial charge in [0.05, 0.1) is 12.2 Å². The summed E-state index contributed by atoms with van der Waals surface area (Å²) in [6.07, 6.45) is 3.94. The highest BCUT2D eigenvalue weighted by molar-refractivity contribution is 5.70. The molecule has 0 aliphatic carbocycles. The molecule has 0 radical (unpaired) electrons. The van der Waals surface area contributed by atoms with Crippen molar-refractivity contribution in [3.63, 3.8) is 0 Å². The Kier molecular flexibility index (Phi) is 5.84. The van der Waals surface area contributed by atoms with Crippen LogP contribution in [0.3, 0.4) is 0 Å². The van der Waals surface area contributed by atoms with Crippen LogP contribution >= 0.6 is 0 Å². The number of hydrogen-bond acceptors (Lipinski definition) is 3. The molecule has 4 aromatic rings. The first-order valence-electron chi connectivity index (χ1n) is 11.0. The van der Waals surface area contributed by atoms with E-state index in [-0.39, 0.29) is 11.9 Å². The van der Waals surface area contributed by atoms with Gasteiger partial charge >= 0.3 is 0 Å². The van der Waals surface area contributed by atoms with Gasteiger partial charge in [0.15, 0.2) is 0 Å². The summed E-state index contributed by atoms with van der Waals surface area (Å²) in [5.41, 5.74) is 6.92. The van der Waals surface area contributed by atoms with E-state index in [2.05, 4.69) is 75.6 Å². The van der Waals surface area contributed by atoms with Crippen molar-refractivity contribution in [1.29, 1.82) is 0 Å². The molecule has 1 N–H and O–H groups in total. The molecule has 1 fully saturated rings. The Bertz CT molecular complexity index is 1150. The van der Waals surface area contributed by atoms with Crippen molar-refractivity contribution >= 4 is 0 Å². The van der Waals surface area contributed by atoms with Crippen LogP contribution < -0.4 is 0 Å². The number of H-pyrrole nitrogens is 1. The molecule has 1 aliphatic heterocycles. The highest BCUT2D eigenvalue weighted by Gasteiger charge is 2.26. The van der Waals surface area contributed by atoms with Gasteiger partial charge in [-0.3, -0.25) is 10.00 Å². The van der Waals surface area contributed by atoms with E-state index in [0.717, 1.165) is 37.3 Å². The summed E-state index contributed by atoms with van der Waals surface area (Å²) in [6.45, 7) is 4.20. The maximum absolute atomic E-state index is 13.2. The Morgan fingerprint density at radius 3 is 2.03 bits per heavy atom. The van der Waals surface area contributed by atoms with Crippen LogP contribution in [-0.4, -0.2) is 53.2 Å². The number of aromatic nitrogens is 2. The van der Waals surface area contributed by atoms with Crippen LogP contribution in [0.2, 0.25) is 0 Å². The molecule has 1 saturated heterocycles. The number of piperazine rings is 1. The van der Waals surface area contributed by atoms with Gasteiger partial charge in [0.1, 0.15) is 5.82 Å². The number of likely N-dealkylation sites (N-methyl/N-ethyl adjacent to an activating group) is 1. The highest BCUT2D eigenvalue weighted by Crippen LogP contribution is 2.32. The Balaban J connectivity index is 1.44. The summed E-state index contributed by atoms with van der Waals surface area (Å²) in [5.74, 6) is -0.213. The number of nitrogens with zero attached hydrogens (tertiary/aromatic N) is 3. The van der Waals surface area contributed by atoms with Gasteiger partial charge in [0.2, 0.25) is 0 Å². The van der Waals surface area contributed by atoms with Gasteiger partial charge in [0.25, 0.3) is 0 Å². The van der Waals surface area contributed by atoms with Crippen LogP contribution in [0, 0.1) is 5.82 Å². The normalized spacial score (nSPS) is 16.2. The molecular formula is C27H27FN4. The first kappa shape index (κ1) is 20.6. The van der Waals surface area contributed by atoms with Crippen molar-refractivity contribution in [2.45, 2.75) is 6.04 Å². The molecular weight excluding hydrogens is 399 g/mol. The molecule has 5 heteroatoms. The number of nitrogens with one attached hydrogen (secondary N) is 1. The number of aromatic amines is 1. The lowest BCUT2D eigenvalue weighted by molar-refractivity contribution is 0.127. The maximum Gasteiger partial charge on any atom is 0.123 e. The van der Waals surface area contributed by atoms with Crippen molar-refractivity contribution in [1.82, 2.24) is 20.0 Å². The quantitative estimate of drug-likeness (QED) is 0.475. The Morgan fingerprint density at radius 1 is 0.781 bits per heavy atom. The van der Waals surface area contributed by atoms with Gasteiger partial charge in [-0.1, -0.05) is 54.6 Å². The second-order valence-corrected chi connectivity index (χ2v) is 8.48. The van der Waals surface area contributed by atoms with Crippen molar-refractivity contribution in [2.75, 3.05) is 33.2 Å². The Hall–Kier alpha value is -3.28. The van der Waals surface area contributed by atoms with Gasteiger partial charge in [-0.25, -0.2) is 4.39 Å². The molecule has 162 valence electrons. The summed E-state index contributed by atoms with van der Waals surface area (Å²) in [4.78, 5) is 4.92. The van der Waals surface area contributed by atoms with Gasteiger partial charge in [-0.2, -0.15) is 5.10 Å². The standard InChI is InChI=1S/C27H27FN4/c1-31-13-15-32(16-14-31)27(25-18-29-30-19-25)24-4-2-3-23(17-24)22-7-5-20(6-8-22)21-9-11-26(28)12-10-21/h2-12,17-19,27H,13-16H2,1H3,(H,29,30). The Labute approximate surface area is 188 Å². The number of halogens is 1. The lowest BCUT2D eigenvalue weighted by atomic mass is 9.94. The second kappa shape index (κ2) is 9.07. The molecule has 5 rings (SSSR count). The van der Waals surface area contributed by atoms with Gasteiger partial charge in [-0.15, -0.1) is 0 Å². The minimum Gasteiger partial charge on any atom is -0.304 e. The van der Waals surface area contributed by atoms with Crippen LogP contribution in [-0.2, 0) is 0 Å². The average molecular weight is 427 g/mol. The molecule has 0 spiro atoms. The zero-order chi connectivity index (χ0) is 21.9. The Morgan fingerprint density at radius 2 is 1.41 bits per heavy atom. The molecule has 1 aromatic heterocycles. The number of benzene rings is 3.